The molecule has 28 rings (SSSR count). The van der Waals surface area contributed by atoms with Crippen LogP contribution >= 0.6 is 11.3 Å². The van der Waals surface area contributed by atoms with E-state index >= 15 is 0 Å². The summed E-state index contributed by atoms with van der Waals surface area (Å²) in [6, 6.07) is 192. The van der Waals surface area contributed by atoms with Gasteiger partial charge in [0.25, 0.3) is 0 Å². The molecule has 0 saturated heterocycles. The molecule has 138 heavy (non-hydrogen) atoms. The fraction of sp³-hybridized carbons (Fsp3) is 0.00752. The molecule has 0 saturated carbocycles. The lowest BCUT2D eigenvalue weighted by Crippen LogP contribution is -2.28. The maximum atomic E-state index is 2.46. The number of rotatable bonds is 16. The molecule has 0 atom stereocenters. The van der Waals surface area contributed by atoms with Gasteiger partial charge in [0.15, 0.2) is 0 Å². The summed E-state index contributed by atoms with van der Waals surface area (Å²) in [5, 5.41) is 10.4. The molecule has 0 amide bonds. The monoisotopic (exact) mass is 1770 g/mol. The minimum absolute atomic E-state index is 0.511. The summed E-state index contributed by atoms with van der Waals surface area (Å²) in [5.41, 5.74) is 43.3. The van der Waals surface area contributed by atoms with Crippen LogP contribution in [0.2, 0.25) is 0 Å². The molecule has 0 radical (unpaired) electrons. The number of thiophene rings is 1. The zero-order valence-corrected chi connectivity index (χ0v) is 76.2. The standard InChI is InChI=1S/C73H48N2.C60H38N2S/c1-5-17-49(18-6-1)51-35-40-59(41-36-51)74(61-44-45-63-62-27-13-14-30-67(62)73(68(63)48-61,56-21-7-2-8-22-56)57-23-9-3-10-24-57)60-42-37-52(38-43-60)50-31-33-53(34-32-50)55-39-46-69-66(47-55)71-64-28-15-19-54-20-16-29-65(70(54)64)72(71)75(69)58-25-11-4-12-26-58;1-3-12-39(13-4-1)40-28-31-47(32-29-40)61(49-33-34-51-50-20-7-8-23-56(50)63-57(51)38-49)48-19-9-16-44(36-48)41-24-26-42(27-25-41)45-30-35-55-54(37-45)59-52-21-10-14-43-15-11-22-53(58(43)52)60(59)62(55)46-17-5-2-6-18-46/h1-48H;1-38H. The van der Waals surface area contributed by atoms with Crippen molar-refractivity contribution in [3.63, 3.8) is 0 Å². The van der Waals surface area contributed by atoms with Crippen LogP contribution in [-0.4, -0.2) is 9.13 Å². The minimum atomic E-state index is -0.511. The number of aromatic nitrogens is 2. The normalized spacial score (nSPS) is 12.3. The Labute approximate surface area is 805 Å². The molecule has 0 N–H and O–H groups in total. The first-order valence-corrected chi connectivity index (χ1v) is 48.4. The summed E-state index contributed by atoms with van der Waals surface area (Å²) in [6.07, 6.45) is 0. The lowest BCUT2D eigenvalue weighted by atomic mass is 9.67. The van der Waals surface area contributed by atoms with Crippen LogP contribution in [0.1, 0.15) is 22.3 Å². The van der Waals surface area contributed by atoms with Crippen molar-refractivity contribution in [3.8, 4) is 134 Å². The van der Waals surface area contributed by atoms with Gasteiger partial charge >= 0.3 is 0 Å². The molecule has 4 nitrogen and oxygen atoms in total. The van der Waals surface area contributed by atoms with Crippen LogP contribution in [0.5, 0.6) is 0 Å². The zero-order valence-electron chi connectivity index (χ0n) is 75.3. The van der Waals surface area contributed by atoms with E-state index in [1.54, 1.807) is 0 Å². The molecule has 3 aliphatic carbocycles. The molecule has 22 aromatic carbocycles. The summed E-state index contributed by atoms with van der Waals surface area (Å²) < 4.78 is 7.52. The van der Waals surface area contributed by atoms with Crippen molar-refractivity contribution >= 4 is 109 Å². The zero-order chi connectivity index (χ0) is 90.9. The Bertz CT molecular complexity index is 9010. The van der Waals surface area contributed by atoms with E-state index in [4.69, 9.17) is 0 Å². The number of anilines is 6. The van der Waals surface area contributed by atoms with Crippen LogP contribution in [-0.2, 0) is 5.41 Å². The Morgan fingerprint density at radius 3 is 1.00 bits per heavy atom. The van der Waals surface area contributed by atoms with Crippen molar-refractivity contribution in [1.29, 1.82) is 0 Å². The van der Waals surface area contributed by atoms with Crippen LogP contribution in [0.25, 0.3) is 198 Å². The smallest absolute Gasteiger partial charge is 0.0714 e. The maximum Gasteiger partial charge on any atom is 0.0714 e. The Morgan fingerprint density at radius 2 is 0.514 bits per heavy atom. The molecule has 0 aliphatic heterocycles. The predicted molar refractivity (Wildman–Crippen MR) is 583 cm³/mol. The minimum Gasteiger partial charge on any atom is -0.310 e. The van der Waals surface area contributed by atoms with E-state index in [0.717, 1.165) is 34.1 Å². The lowest BCUT2D eigenvalue weighted by Gasteiger charge is -2.35. The van der Waals surface area contributed by atoms with E-state index in [1.807, 2.05) is 11.3 Å². The molecule has 3 aliphatic rings. The third-order valence-corrected chi connectivity index (χ3v) is 30.1. The van der Waals surface area contributed by atoms with Gasteiger partial charge in [0.2, 0.25) is 0 Å². The lowest BCUT2D eigenvalue weighted by molar-refractivity contribution is 0.768. The van der Waals surface area contributed by atoms with Crippen LogP contribution < -0.4 is 9.80 Å². The highest BCUT2D eigenvalue weighted by Crippen LogP contribution is 2.60. The summed E-state index contributed by atoms with van der Waals surface area (Å²) >= 11 is 1.86. The molecule has 0 spiro atoms. The van der Waals surface area contributed by atoms with Gasteiger partial charge in [0.05, 0.1) is 27.8 Å². The Hall–Kier alpha value is -17.7. The van der Waals surface area contributed by atoms with Crippen molar-refractivity contribution < 1.29 is 0 Å². The topological polar surface area (TPSA) is 16.3 Å². The highest BCUT2D eigenvalue weighted by Gasteiger charge is 2.47. The molecule has 644 valence electrons. The molecule has 3 heterocycles. The second kappa shape index (κ2) is 32.9. The molecule has 0 unspecified atom stereocenters. The third kappa shape index (κ3) is 13.1. The molecule has 25 aromatic rings. The van der Waals surface area contributed by atoms with Gasteiger partial charge in [-0.2, -0.15) is 0 Å². The first-order chi connectivity index (χ1) is 68.4. The highest BCUT2D eigenvalue weighted by atomic mass is 32.1. The summed E-state index contributed by atoms with van der Waals surface area (Å²) in [6.45, 7) is 0. The molecule has 0 bridgehead atoms. The quantitative estimate of drug-likeness (QED) is 0.0959. The Morgan fingerprint density at radius 1 is 0.188 bits per heavy atom. The second-order valence-corrected chi connectivity index (χ2v) is 37.5. The first-order valence-electron chi connectivity index (χ1n) is 47.6. The highest BCUT2D eigenvalue weighted by molar-refractivity contribution is 7.25. The fourth-order valence-electron chi connectivity index (χ4n) is 22.7. The van der Waals surface area contributed by atoms with Crippen LogP contribution in [0.4, 0.5) is 34.1 Å². The van der Waals surface area contributed by atoms with Gasteiger partial charge in [-0.15, -0.1) is 11.3 Å². The third-order valence-electron chi connectivity index (χ3n) is 28.9. The van der Waals surface area contributed by atoms with E-state index in [-0.39, 0.29) is 0 Å². The summed E-state index contributed by atoms with van der Waals surface area (Å²) in [5.74, 6) is 0. The van der Waals surface area contributed by atoms with Crippen molar-refractivity contribution in [2.24, 2.45) is 0 Å². The Balaban J connectivity index is 0.000000141. The number of benzene rings is 22. The number of nitrogens with zero attached hydrogens (tertiary/aromatic N) is 4. The van der Waals surface area contributed by atoms with E-state index in [1.165, 1.54) is 220 Å². The van der Waals surface area contributed by atoms with E-state index < -0.39 is 5.41 Å². The van der Waals surface area contributed by atoms with Gasteiger partial charge in [-0.25, -0.2) is 0 Å². The van der Waals surface area contributed by atoms with E-state index in [9.17, 15) is 0 Å². The Kier molecular flexibility index (Phi) is 19.0. The van der Waals surface area contributed by atoms with E-state index in [2.05, 4.69) is 541 Å². The average molecular weight is 1770 g/mol. The van der Waals surface area contributed by atoms with Gasteiger partial charge < -0.3 is 18.9 Å². The number of fused-ring (bicyclic) bond motifs is 16. The van der Waals surface area contributed by atoms with Gasteiger partial charge in [0.1, 0.15) is 0 Å². The van der Waals surface area contributed by atoms with Gasteiger partial charge in [-0.3, -0.25) is 0 Å². The fourth-order valence-corrected chi connectivity index (χ4v) is 23.8. The summed E-state index contributed by atoms with van der Waals surface area (Å²) in [4.78, 5) is 4.81. The largest absolute Gasteiger partial charge is 0.310 e. The first kappa shape index (κ1) is 80.0. The average Bonchev–Trinajstić information content (AvgIpc) is 1.54. The molecular weight excluding hydrogens is 1690 g/mol. The van der Waals surface area contributed by atoms with Gasteiger partial charge in [-0.1, -0.05) is 394 Å². The number of hydrogen-bond donors (Lipinski definition) is 0. The molecule has 0 fully saturated rings. The van der Waals surface area contributed by atoms with Crippen molar-refractivity contribution in [2.75, 3.05) is 9.80 Å². The molecule has 5 heteroatoms. The van der Waals surface area contributed by atoms with Crippen molar-refractivity contribution in [1.82, 2.24) is 9.13 Å². The molecule has 3 aromatic heterocycles. The van der Waals surface area contributed by atoms with Gasteiger partial charge in [0, 0.05) is 98.7 Å². The maximum absolute atomic E-state index is 2.46. The van der Waals surface area contributed by atoms with Crippen molar-refractivity contribution in [3.05, 3.63) is 544 Å². The second-order valence-electron chi connectivity index (χ2n) is 36.5. The summed E-state index contributed by atoms with van der Waals surface area (Å²) in [7, 11) is 0. The van der Waals surface area contributed by atoms with E-state index in [0.29, 0.717) is 0 Å². The number of hydrogen-bond acceptors (Lipinski definition) is 3. The van der Waals surface area contributed by atoms with Gasteiger partial charge in [-0.05, 0) is 260 Å². The number of para-hydroxylation sites is 2. The predicted octanol–water partition coefficient (Wildman–Crippen LogP) is 36.5. The van der Waals surface area contributed by atoms with Crippen LogP contribution in [0, 0.1) is 0 Å². The van der Waals surface area contributed by atoms with Crippen molar-refractivity contribution in [2.45, 2.75) is 5.41 Å². The van der Waals surface area contributed by atoms with Crippen LogP contribution in [0.3, 0.4) is 0 Å². The molecular formula is C133H86N4S. The van der Waals surface area contributed by atoms with Crippen LogP contribution in [0.15, 0.2) is 522 Å². The SMILES string of the molecule is c1ccc(-c2ccc(N(c3ccc(-c4ccc(-c5ccc6c(c5)c5c(n6-c6ccccc6)-c6cccc7cccc-5c67)cc4)cc3)c3ccc4c(c3)C(c3ccccc3)(c3ccccc3)c3ccccc3-4)cc2)cc1.c1ccc(-c2ccc(N(c3cccc(-c4ccc(-c5ccc6c(c5)c5c(n6-c6ccccc6)-c6cccc7cccc-5c67)cc4)c3)c3ccc4c(c3)sc3ccccc34)cc2)cc1.